The van der Waals surface area contributed by atoms with Crippen LogP contribution in [0.3, 0.4) is 0 Å². The van der Waals surface area contributed by atoms with Crippen LogP contribution in [0.2, 0.25) is 15.1 Å². The molecule has 0 heterocycles. The molecule has 7 nitrogen and oxygen atoms in total. The van der Waals surface area contributed by atoms with Crippen LogP contribution in [0.4, 0.5) is 5.69 Å². The van der Waals surface area contributed by atoms with E-state index in [4.69, 9.17) is 34.8 Å². The average Bonchev–Trinajstić information content (AvgIpc) is 2.93. The number of nitrogens with zero attached hydrogens (tertiary/aromatic N) is 2. The summed E-state index contributed by atoms with van der Waals surface area (Å²) in [4.78, 5) is 28.7. The van der Waals surface area contributed by atoms with Gasteiger partial charge in [-0.1, -0.05) is 72.9 Å². The fourth-order valence-electron chi connectivity index (χ4n) is 4.05. The number of sulfonamides is 1. The van der Waals surface area contributed by atoms with Gasteiger partial charge in [-0.25, -0.2) is 8.42 Å². The molecule has 0 saturated carbocycles. The molecule has 0 radical (unpaired) electrons. The van der Waals surface area contributed by atoms with Crippen LogP contribution in [-0.4, -0.2) is 43.8 Å². The molecule has 11 heteroatoms. The molecule has 0 saturated heterocycles. The lowest BCUT2D eigenvalue weighted by Gasteiger charge is -2.34. The molecule has 1 N–H and O–H groups in total. The van der Waals surface area contributed by atoms with Crippen molar-refractivity contribution >= 4 is 62.3 Å². The lowest BCUT2D eigenvalue weighted by atomic mass is 10.1. The Morgan fingerprint density at radius 1 is 0.875 bits per heavy atom. The summed E-state index contributed by atoms with van der Waals surface area (Å²) in [6.07, 6.45) is 1.01. The van der Waals surface area contributed by atoms with E-state index in [1.165, 1.54) is 29.2 Å². The van der Waals surface area contributed by atoms with Gasteiger partial charge in [0.2, 0.25) is 11.8 Å². The molecular formula is C29H32Cl3N3O4S. The number of carbonyl (C=O) groups excluding carboxylic acids is 2. The van der Waals surface area contributed by atoms with Crippen molar-refractivity contribution in [2.45, 2.75) is 57.1 Å². The molecule has 3 aromatic rings. The topological polar surface area (TPSA) is 86.8 Å². The zero-order valence-electron chi connectivity index (χ0n) is 22.5. The predicted molar refractivity (Wildman–Crippen MR) is 161 cm³/mol. The van der Waals surface area contributed by atoms with Gasteiger partial charge in [0.25, 0.3) is 10.0 Å². The summed E-state index contributed by atoms with van der Waals surface area (Å²) in [6, 6.07) is 18.0. The number of amides is 2. The van der Waals surface area contributed by atoms with Gasteiger partial charge in [-0.05, 0) is 73.9 Å². The standard InChI is InChI=1S/C29H32Cl3N3O4S/c1-4-20(3)33-29(37)27(5-2)34(18-21-11-12-23(31)17-26(21)32)28(36)19-35(24-9-7-6-8-10-24)40(38,39)25-15-13-22(30)14-16-25/h6-17,20,27H,4-5,18-19H2,1-3H3,(H,33,37). The second kappa shape index (κ2) is 14.2. The Labute approximate surface area is 251 Å². The minimum absolute atomic E-state index is 0.0229. The maximum Gasteiger partial charge on any atom is 0.264 e. The first-order valence-electron chi connectivity index (χ1n) is 12.8. The quantitative estimate of drug-likeness (QED) is 0.247. The maximum atomic E-state index is 14.1. The Hall–Kier alpha value is -2.78. The van der Waals surface area contributed by atoms with Gasteiger partial charge in [0, 0.05) is 27.7 Å². The van der Waals surface area contributed by atoms with Gasteiger partial charge < -0.3 is 10.2 Å². The molecule has 3 aromatic carbocycles. The lowest BCUT2D eigenvalue weighted by Crippen LogP contribution is -2.53. The summed E-state index contributed by atoms with van der Waals surface area (Å²) in [6.45, 7) is 5.05. The van der Waals surface area contributed by atoms with E-state index in [0.717, 1.165) is 4.31 Å². The first kappa shape index (κ1) is 31.7. The molecule has 0 aliphatic carbocycles. The van der Waals surface area contributed by atoms with E-state index >= 15 is 0 Å². The highest BCUT2D eigenvalue weighted by molar-refractivity contribution is 7.92. The van der Waals surface area contributed by atoms with Crippen LogP contribution in [0.1, 0.15) is 39.2 Å². The largest absolute Gasteiger partial charge is 0.352 e. The first-order valence-corrected chi connectivity index (χ1v) is 15.4. The summed E-state index contributed by atoms with van der Waals surface area (Å²) < 4.78 is 28.6. The maximum absolute atomic E-state index is 14.1. The van der Waals surface area contributed by atoms with Crippen molar-refractivity contribution in [3.8, 4) is 0 Å². The van der Waals surface area contributed by atoms with E-state index in [9.17, 15) is 18.0 Å². The second-order valence-electron chi connectivity index (χ2n) is 9.30. The average molecular weight is 625 g/mol. The van der Waals surface area contributed by atoms with E-state index in [-0.39, 0.29) is 23.4 Å². The Bertz CT molecular complexity index is 1420. The minimum Gasteiger partial charge on any atom is -0.352 e. The monoisotopic (exact) mass is 623 g/mol. The third kappa shape index (κ3) is 7.91. The van der Waals surface area contributed by atoms with E-state index in [1.54, 1.807) is 55.5 Å². The summed E-state index contributed by atoms with van der Waals surface area (Å²) in [5.74, 6) is -0.902. The van der Waals surface area contributed by atoms with Crippen molar-refractivity contribution in [1.29, 1.82) is 0 Å². The molecule has 0 fully saturated rings. The number of rotatable bonds is 12. The third-order valence-corrected chi connectivity index (χ3v) is 9.09. The SMILES string of the molecule is CCC(C)NC(=O)C(CC)N(Cc1ccc(Cl)cc1Cl)C(=O)CN(c1ccccc1)S(=O)(=O)c1ccc(Cl)cc1. The first-order chi connectivity index (χ1) is 19.0. The highest BCUT2D eigenvalue weighted by atomic mass is 35.5. The zero-order chi connectivity index (χ0) is 29.4. The number of hydrogen-bond acceptors (Lipinski definition) is 4. The van der Waals surface area contributed by atoms with Gasteiger partial charge >= 0.3 is 0 Å². The Kier molecular flexibility index (Phi) is 11.3. The lowest BCUT2D eigenvalue weighted by molar-refractivity contribution is -0.140. The van der Waals surface area contributed by atoms with Crippen molar-refractivity contribution < 1.29 is 18.0 Å². The number of nitrogens with one attached hydrogen (secondary N) is 1. The molecule has 2 atom stereocenters. The predicted octanol–water partition coefficient (Wildman–Crippen LogP) is 6.56. The van der Waals surface area contributed by atoms with Gasteiger partial charge in [-0.15, -0.1) is 0 Å². The Balaban J connectivity index is 2.06. The number of hydrogen-bond donors (Lipinski definition) is 1. The van der Waals surface area contributed by atoms with Gasteiger partial charge in [-0.3, -0.25) is 13.9 Å². The highest BCUT2D eigenvalue weighted by Crippen LogP contribution is 2.27. The molecule has 0 aliphatic rings. The molecular weight excluding hydrogens is 593 g/mol. The molecule has 0 bridgehead atoms. The van der Waals surface area contributed by atoms with Gasteiger partial charge in [0.1, 0.15) is 12.6 Å². The van der Waals surface area contributed by atoms with E-state index < -0.39 is 28.5 Å². The molecule has 0 aromatic heterocycles. The number of halogens is 3. The molecule has 2 amide bonds. The normalized spacial score (nSPS) is 12.8. The highest BCUT2D eigenvalue weighted by Gasteiger charge is 2.34. The molecule has 40 heavy (non-hydrogen) atoms. The molecule has 214 valence electrons. The molecule has 3 rings (SSSR count). The van der Waals surface area contributed by atoms with E-state index in [1.807, 2.05) is 13.8 Å². The molecule has 0 aliphatic heterocycles. The summed E-state index contributed by atoms with van der Waals surface area (Å²) >= 11 is 18.5. The van der Waals surface area contributed by atoms with Gasteiger partial charge in [-0.2, -0.15) is 0 Å². The zero-order valence-corrected chi connectivity index (χ0v) is 25.6. The van der Waals surface area contributed by atoms with Crippen molar-refractivity contribution in [1.82, 2.24) is 10.2 Å². The minimum atomic E-state index is -4.18. The van der Waals surface area contributed by atoms with Crippen molar-refractivity contribution in [3.05, 3.63) is 93.4 Å². The van der Waals surface area contributed by atoms with E-state index in [0.29, 0.717) is 39.2 Å². The van der Waals surface area contributed by atoms with Crippen LogP contribution >= 0.6 is 34.8 Å². The summed E-state index contributed by atoms with van der Waals surface area (Å²) in [5.41, 5.74) is 0.869. The van der Waals surface area contributed by atoms with Gasteiger partial charge in [0.05, 0.1) is 10.6 Å². The smallest absolute Gasteiger partial charge is 0.264 e. The Morgan fingerprint density at radius 3 is 2.08 bits per heavy atom. The fourth-order valence-corrected chi connectivity index (χ4v) is 6.06. The van der Waals surface area contributed by atoms with Crippen molar-refractivity contribution in [2.24, 2.45) is 0 Å². The van der Waals surface area contributed by atoms with Gasteiger partial charge in [0.15, 0.2) is 0 Å². The number of para-hydroxylation sites is 1. The summed E-state index contributed by atoms with van der Waals surface area (Å²) in [7, 11) is -4.18. The van der Waals surface area contributed by atoms with Crippen LogP contribution in [0.5, 0.6) is 0 Å². The second-order valence-corrected chi connectivity index (χ2v) is 12.4. The van der Waals surface area contributed by atoms with Crippen LogP contribution in [0, 0.1) is 0 Å². The van der Waals surface area contributed by atoms with Crippen LogP contribution in [-0.2, 0) is 26.2 Å². The third-order valence-electron chi connectivity index (χ3n) is 6.47. The number of benzene rings is 3. The molecule has 2 unspecified atom stereocenters. The fraction of sp³-hybridized carbons (Fsp3) is 0.310. The summed E-state index contributed by atoms with van der Waals surface area (Å²) in [5, 5.41) is 4.08. The number of carbonyl (C=O) groups is 2. The number of anilines is 1. The van der Waals surface area contributed by atoms with E-state index in [2.05, 4.69) is 5.32 Å². The Morgan fingerprint density at radius 2 is 1.50 bits per heavy atom. The molecule has 0 spiro atoms. The van der Waals surface area contributed by atoms with Crippen LogP contribution in [0.15, 0.2) is 77.7 Å². The van der Waals surface area contributed by atoms with Crippen molar-refractivity contribution in [2.75, 3.05) is 10.8 Å². The van der Waals surface area contributed by atoms with Crippen LogP contribution in [0.25, 0.3) is 0 Å². The van der Waals surface area contributed by atoms with Crippen molar-refractivity contribution in [3.63, 3.8) is 0 Å². The van der Waals surface area contributed by atoms with Crippen LogP contribution < -0.4 is 9.62 Å².